The Morgan fingerprint density at radius 3 is 2.72 bits per heavy atom. The van der Waals surface area contributed by atoms with Crippen LogP contribution in [-0.4, -0.2) is 31.0 Å². The van der Waals surface area contributed by atoms with Crippen molar-refractivity contribution in [3.05, 3.63) is 59.8 Å². The molecule has 0 atom stereocenters. The third-order valence-corrected chi connectivity index (χ3v) is 3.88. The maximum atomic E-state index is 10.8. The fourth-order valence-corrected chi connectivity index (χ4v) is 2.70. The predicted octanol–water partition coefficient (Wildman–Crippen LogP) is 4.13. The zero-order valence-electron chi connectivity index (χ0n) is 12.7. The molecule has 0 saturated carbocycles. The van der Waals surface area contributed by atoms with Gasteiger partial charge in [0.15, 0.2) is 11.6 Å². The summed E-state index contributed by atoms with van der Waals surface area (Å²) >= 11 is 5.93. The summed E-state index contributed by atoms with van der Waals surface area (Å²) in [6.07, 6.45) is 0.273. The fourth-order valence-electron chi connectivity index (χ4n) is 2.57. The van der Waals surface area contributed by atoms with Crippen molar-refractivity contribution in [2.24, 2.45) is 0 Å². The molecule has 0 aliphatic heterocycles. The minimum Gasteiger partial charge on any atom is -0.449 e. The summed E-state index contributed by atoms with van der Waals surface area (Å²) in [4.78, 5) is 18.5. The normalized spacial score (nSPS) is 10.9. The number of para-hydroxylation sites is 1. The molecule has 2 N–H and O–H groups in total. The van der Waals surface area contributed by atoms with Crippen LogP contribution in [-0.2, 0) is 0 Å². The minimum atomic E-state index is -1.39. The van der Waals surface area contributed by atoms with Crippen molar-refractivity contribution >= 4 is 28.8 Å². The molecule has 0 spiro atoms. The first-order valence-electron chi connectivity index (χ1n) is 7.31. The molecule has 0 amide bonds. The van der Waals surface area contributed by atoms with Crippen molar-refractivity contribution in [2.75, 3.05) is 0 Å². The van der Waals surface area contributed by atoms with E-state index in [4.69, 9.17) is 21.4 Å². The van der Waals surface area contributed by atoms with Crippen LogP contribution in [0.5, 0.6) is 5.75 Å². The molecule has 7 nitrogen and oxygen atoms in total. The van der Waals surface area contributed by atoms with Gasteiger partial charge in [0.2, 0.25) is 0 Å². The van der Waals surface area contributed by atoms with Gasteiger partial charge in [0, 0.05) is 5.02 Å². The van der Waals surface area contributed by atoms with Gasteiger partial charge in [0.25, 0.3) is 0 Å². The summed E-state index contributed by atoms with van der Waals surface area (Å²) in [5, 5.41) is 13.8. The lowest BCUT2D eigenvalue weighted by Gasteiger charge is -2.05. The van der Waals surface area contributed by atoms with Gasteiger partial charge in [0.05, 0.1) is 17.4 Å². The monoisotopic (exact) mass is 354 g/mol. The average molecular weight is 355 g/mol. The minimum absolute atomic E-state index is 0.171. The standard InChI is InChI=1S/C17H11ClN4O3/c18-10-4-6-11(7-5-10)22-13(8-9-19-22)16-20-12-2-1-3-14(15(12)21-16)25-17(23)24/h1-9H,(H,20,21)(H,23,24). The molecule has 0 radical (unpaired) electrons. The number of aromatic amines is 1. The average Bonchev–Trinajstić information content (AvgIpc) is 3.21. The SMILES string of the molecule is O=C(O)Oc1cccc2[nH]c(-c3ccnn3-c3ccc(Cl)cc3)nc12. The molecule has 4 aromatic rings. The highest BCUT2D eigenvalue weighted by Crippen LogP contribution is 2.28. The number of carboxylic acid groups (broad SMARTS) is 1. The summed E-state index contributed by atoms with van der Waals surface area (Å²) in [5.74, 6) is 0.717. The van der Waals surface area contributed by atoms with Crippen molar-refractivity contribution < 1.29 is 14.6 Å². The van der Waals surface area contributed by atoms with Crippen LogP contribution in [0.25, 0.3) is 28.2 Å². The first-order chi connectivity index (χ1) is 12.1. The Kier molecular flexibility index (Phi) is 3.62. The number of nitrogens with one attached hydrogen (secondary N) is 1. The molecule has 2 aromatic carbocycles. The number of rotatable bonds is 3. The van der Waals surface area contributed by atoms with Crippen molar-refractivity contribution in [1.82, 2.24) is 19.7 Å². The van der Waals surface area contributed by atoms with Crippen LogP contribution in [0.3, 0.4) is 0 Å². The summed E-state index contributed by atoms with van der Waals surface area (Å²) in [6, 6.07) is 14.1. The van der Waals surface area contributed by atoms with Gasteiger partial charge < -0.3 is 14.8 Å². The van der Waals surface area contributed by atoms with Crippen LogP contribution in [0.2, 0.25) is 5.02 Å². The number of aromatic nitrogens is 4. The van der Waals surface area contributed by atoms with Crippen molar-refractivity contribution in [2.45, 2.75) is 0 Å². The number of fused-ring (bicyclic) bond motifs is 1. The van der Waals surface area contributed by atoms with E-state index in [9.17, 15) is 4.79 Å². The lowest BCUT2D eigenvalue weighted by Crippen LogP contribution is -2.03. The number of hydrogen-bond donors (Lipinski definition) is 2. The van der Waals surface area contributed by atoms with E-state index in [0.717, 1.165) is 11.4 Å². The molecule has 0 fully saturated rings. The molecular formula is C17H11ClN4O3. The molecule has 0 unspecified atom stereocenters. The van der Waals surface area contributed by atoms with E-state index in [0.29, 0.717) is 21.9 Å². The van der Waals surface area contributed by atoms with E-state index < -0.39 is 6.16 Å². The van der Waals surface area contributed by atoms with Gasteiger partial charge in [-0.25, -0.2) is 14.5 Å². The van der Waals surface area contributed by atoms with Crippen molar-refractivity contribution in [3.63, 3.8) is 0 Å². The molecule has 124 valence electrons. The van der Waals surface area contributed by atoms with E-state index >= 15 is 0 Å². The van der Waals surface area contributed by atoms with E-state index in [-0.39, 0.29) is 5.75 Å². The first kappa shape index (κ1) is 15.2. The maximum absolute atomic E-state index is 10.8. The molecular weight excluding hydrogens is 344 g/mol. The van der Waals surface area contributed by atoms with E-state index in [1.807, 2.05) is 18.2 Å². The Bertz CT molecular complexity index is 1070. The number of halogens is 1. The summed E-state index contributed by atoms with van der Waals surface area (Å²) in [7, 11) is 0. The highest BCUT2D eigenvalue weighted by Gasteiger charge is 2.15. The number of nitrogens with zero attached hydrogens (tertiary/aromatic N) is 3. The molecule has 2 heterocycles. The van der Waals surface area contributed by atoms with Crippen LogP contribution >= 0.6 is 11.6 Å². The van der Waals surface area contributed by atoms with Gasteiger partial charge in [-0.3, -0.25) is 0 Å². The van der Waals surface area contributed by atoms with Crippen LogP contribution in [0.1, 0.15) is 0 Å². The van der Waals surface area contributed by atoms with Gasteiger partial charge in [0.1, 0.15) is 11.2 Å². The van der Waals surface area contributed by atoms with Gasteiger partial charge in [-0.15, -0.1) is 0 Å². The molecule has 0 bridgehead atoms. The zero-order valence-corrected chi connectivity index (χ0v) is 13.4. The molecule has 25 heavy (non-hydrogen) atoms. The molecule has 0 saturated heterocycles. The van der Waals surface area contributed by atoms with Gasteiger partial charge >= 0.3 is 6.16 Å². The molecule has 0 aliphatic rings. The lowest BCUT2D eigenvalue weighted by atomic mass is 10.3. The first-order valence-corrected chi connectivity index (χ1v) is 7.69. The predicted molar refractivity (Wildman–Crippen MR) is 92.3 cm³/mol. The van der Waals surface area contributed by atoms with E-state index in [1.54, 1.807) is 41.2 Å². The van der Waals surface area contributed by atoms with Crippen molar-refractivity contribution in [1.29, 1.82) is 0 Å². The number of ether oxygens (including phenoxy) is 1. The Morgan fingerprint density at radius 1 is 1.16 bits per heavy atom. The highest BCUT2D eigenvalue weighted by molar-refractivity contribution is 6.30. The van der Waals surface area contributed by atoms with Crippen LogP contribution in [0.15, 0.2) is 54.7 Å². The van der Waals surface area contributed by atoms with Crippen LogP contribution in [0.4, 0.5) is 4.79 Å². The number of benzene rings is 2. The van der Waals surface area contributed by atoms with Gasteiger partial charge in [-0.1, -0.05) is 17.7 Å². The Morgan fingerprint density at radius 2 is 1.96 bits per heavy atom. The zero-order chi connectivity index (χ0) is 17.4. The summed E-state index contributed by atoms with van der Waals surface area (Å²) in [6.45, 7) is 0. The second-order valence-corrected chi connectivity index (χ2v) is 5.65. The fraction of sp³-hybridized carbons (Fsp3) is 0. The van der Waals surface area contributed by atoms with Gasteiger partial charge in [-0.2, -0.15) is 5.10 Å². The smallest absolute Gasteiger partial charge is 0.449 e. The van der Waals surface area contributed by atoms with E-state index in [2.05, 4.69) is 15.1 Å². The third kappa shape index (κ3) is 2.81. The topological polar surface area (TPSA) is 93.0 Å². The number of hydrogen-bond acceptors (Lipinski definition) is 4. The Hall–Kier alpha value is -3.32. The van der Waals surface area contributed by atoms with Crippen LogP contribution in [0, 0.1) is 0 Å². The van der Waals surface area contributed by atoms with Crippen molar-refractivity contribution in [3.8, 4) is 23.0 Å². The summed E-state index contributed by atoms with van der Waals surface area (Å²) < 4.78 is 6.50. The van der Waals surface area contributed by atoms with Crippen LogP contribution < -0.4 is 4.74 Å². The summed E-state index contributed by atoms with van der Waals surface area (Å²) in [5.41, 5.74) is 2.65. The third-order valence-electron chi connectivity index (χ3n) is 3.63. The van der Waals surface area contributed by atoms with E-state index in [1.165, 1.54) is 0 Å². The largest absolute Gasteiger partial charge is 0.511 e. The second kappa shape index (κ2) is 5.95. The molecule has 2 aromatic heterocycles. The Labute approximate surface area is 146 Å². The molecule has 4 rings (SSSR count). The number of imidazole rings is 1. The van der Waals surface area contributed by atoms with Gasteiger partial charge in [-0.05, 0) is 42.5 Å². The molecule has 8 heteroatoms. The Balaban J connectivity index is 1.82. The number of carbonyl (C=O) groups is 1. The second-order valence-electron chi connectivity index (χ2n) is 5.21. The highest BCUT2D eigenvalue weighted by atomic mass is 35.5. The number of H-pyrrole nitrogens is 1. The quantitative estimate of drug-likeness (QED) is 0.426. The lowest BCUT2D eigenvalue weighted by molar-refractivity contribution is 0.145. The maximum Gasteiger partial charge on any atom is 0.511 e. The molecule has 0 aliphatic carbocycles.